The maximum absolute atomic E-state index is 12.3. The quantitative estimate of drug-likeness (QED) is 0.684. The Morgan fingerprint density at radius 3 is 2.08 bits per heavy atom. The lowest BCUT2D eigenvalue weighted by atomic mass is 9.92. The van der Waals surface area contributed by atoms with Crippen molar-refractivity contribution in [1.29, 1.82) is 0 Å². The monoisotopic (exact) mass is 339 g/mol. The van der Waals surface area contributed by atoms with Crippen molar-refractivity contribution in [3.05, 3.63) is 46.5 Å². The number of imide groups is 1. The second-order valence-electron chi connectivity index (χ2n) is 7.40. The van der Waals surface area contributed by atoms with Crippen LogP contribution in [-0.4, -0.2) is 16.7 Å². The molecule has 25 heavy (non-hydrogen) atoms. The van der Waals surface area contributed by atoms with Crippen LogP contribution in [0.4, 0.5) is 0 Å². The molecule has 0 radical (unpaired) electrons. The highest BCUT2D eigenvalue weighted by atomic mass is 16.2. The summed E-state index contributed by atoms with van der Waals surface area (Å²) in [4.78, 5) is 26.2. The molecule has 0 saturated heterocycles. The summed E-state index contributed by atoms with van der Waals surface area (Å²) >= 11 is 0. The van der Waals surface area contributed by atoms with Gasteiger partial charge < -0.3 is 0 Å². The molecule has 134 valence electrons. The fraction of sp³-hybridized carbons (Fsp3) is 0.545. The Kier molecular flexibility index (Phi) is 5.41. The van der Waals surface area contributed by atoms with Gasteiger partial charge in [0.2, 0.25) is 0 Å². The van der Waals surface area contributed by atoms with Crippen LogP contribution in [0.5, 0.6) is 0 Å². The first kappa shape index (κ1) is 17.9. The molecule has 2 amide bonds. The van der Waals surface area contributed by atoms with Gasteiger partial charge >= 0.3 is 0 Å². The summed E-state index contributed by atoms with van der Waals surface area (Å²) in [5.74, 6) is 0.0383. The third kappa shape index (κ3) is 3.29. The van der Waals surface area contributed by atoms with Crippen LogP contribution >= 0.6 is 0 Å². The molecule has 1 heterocycles. The number of hydrogen-bond acceptors (Lipinski definition) is 2. The summed E-state index contributed by atoms with van der Waals surface area (Å²) in [7, 11) is 0. The number of aryl methyl sites for hydroxylation is 2. The van der Waals surface area contributed by atoms with Gasteiger partial charge in [-0.3, -0.25) is 14.5 Å². The number of hydrogen-bond donors (Lipinski definition) is 0. The highest BCUT2D eigenvalue weighted by molar-refractivity contribution is 6.13. The van der Waals surface area contributed by atoms with E-state index in [0.717, 1.165) is 44.9 Å². The number of carbonyl (C=O) groups is 2. The molecule has 0 aromatic heterocycles. The van der Waals surface area contributed by atoms with Crippen LogP contribution < -0.4 is 0 Å². The molecule has 0 bridgehead atoms. The minimum atomic E-state index is -0.154. The molecule has 0 N–H and O–H groups in total. The maximum atomic E-state index is 12.3. The Bertz CT molecular complexity index is 686. The van der Waals surface area contributed by atoms with Crippen LogP contribution in [0.3, 0.4) is 0 Å². The Hall–Kier alpha value is -1.90. The Balaban J connectivity index is 2.05. The van der Waals surface area contributed by atoms with Crippen LogP contribution in [-0.2, 0) is 28.9 Å². The maximum Gasteiger partial charge on any atom is 0.254 e. The lowest BCUT2D eigenvalue weighted by molar-refractivity contribution is -0.140. The van der Waals surface area contributed by atoms with Crippen molar-refractivity contribution in [2.75, 3.05) is 0 Å². The van der Waals surface area contributed by atoms with Crippen molar-refractivity contribution in [3.8, 4) is 0 Å². The Morgan fingerprint density at radius 2 is 1.52 bits per heavy atom. The molecule has 2 atom stereocenters. The van der Waals surface area contributed by atoms with Crippen LogP contribution in [0.1, 0.15) is 74.8 Å². The average Bonchev–Trinajstić information content (AvgIpc) is 3.08. The van der Waals surface area contributed by atoms with E-state index < -0.39 is 0 Å². The van der Waals surface area contributed by atoms with Crippen molar-refractivity contribution < 1.29 is 9.59 Å². The van der Waals surface area contributed by atoms with Crippen molar-refractivity contribution >= 4 is 11.8 Å². The molecule has 1 aliphatic heterocycles. The van der Waals surface area contributed by atoms with Crippen LogP contribution in [0.25, 0.3) is 0 Å². The van der Waals surface area contributed by atoms with E-state index in [1.807, 2.05) is 0 Å². The largest absolute Gasteiger partial charge is 0.269 e. The molecule has 1 aromatic carbocycles. The first-order chi connectivity index (χ1) is 12.1. The fourth-order valence-electron chi connectivity index (χ4n) is 4.53. The van der Waals surface area contributed by atoms with Gasteiger partial charge in [0.1, 0.15) is 0 Å². The molecule has 0 unspecified atom stereocenters. The highest BCUT2D eigenvalue weighted by Crippen LogP contribution is 2.44. The van der Waals surface area contributed by atoms with Gasteiger partial charge in [-0.25, -0.2) is 0 Å². The van der Waals surface area contributed by atoms with E-state index in [0.29, 0.717) is 5.92 Å². The van der Waals surface area contributed by atoms with E-state index in [1.165, 1.54) is 39.3 Å². The third-order valence-electron chi connectivity index (χ3n) is 5.53. The van der Waals surface area contributed by atoms with E-state index in [4.69, 9.17) is 0 Å². The molecule has 1 aromatic rings. The predicted molar refractivity (Wildman–Crippen MR) is 100 cm³/mol. The lowest BCUT2D eigenvalue weighted by Crippen LogP contribution is -2.36. The molecule has 1 aliphatic carbocycles. The molecule has 3 heteroatoms. The standard InChI is InChI=1S/C22H29NO2/c1-4-7-15-12-18-13-17(9-6-3)22(19(18)14-16(15)8-5-2)23-20(24)10-11-21(23)25/h10-12,14,17,22H,4-9,13H2,1-3H3/t17-,22-/m0/s1. The molecular weight excluding hydrogens is 310 g/mol. The van der Waals surface area contributed by atoms with Gasteiger partial charge in [0.15, 0.2) is 0 Å². The molecule has 0 spiro atoms. The number of carbonyl (C=O) groups excluding carboxylic acids is 2. The minimum Gasteiger partial charge on any atom is -0.269 e. The Morgan fingerprint density at radius 1 is 0.920 bits per heavy atom. The van der Waals surface area contributed by atoms with E-state index in [2.05, 4.69) is 32.9 Å². The first-order valence-corrected chi connectivity index (χ1v) is 9.80. The van der Waals surface area contributed by atoms with Crippen LogP contribution in [0.2, 0.25) is 0 Å². The van der Waals surface area contributed by atoms with Crippen molar-refractivity contribution in [3.63, 3.8) is 0 Å². The van der Waals surface area contributed by atoms with Gasteiger partial charge in [-0.1, -0.05) is 52.2 Å². The smallest absolute Gasteiger partial charge is 0.254 e. The normalized spacial score (nSPS) is 22.1. The van der Waals surface area contributed by atoms with Crippen LogP contribution in [0.15, 0.2) is 24.3 Å². The summed E-state index contributed by atoms with van der Waals surface area (Å²) in [6, 6.07) is 4.59. The molecule has 0 fully saturated rings. The summed E-state index contributed by atoms with van der Waals surface area (Å²) in [6.45, 7) is 6.60. The van der Waals surface area contributed by atoms with Crippen molar-refractivity contribution in [2.24, 2.45) is 5.92 Å². The third-order valence-corrected chi connectivity index (χ3v) is 5.53. The van der Waals surface area contributed by atoms with Crippen molar-refractivity contribution in [2.45, 2.75) is 71.8 Å². The van der Waals surface area contributed by atoms with Gasteiger partial charge in [-0.05, 0) is 53.9 Å². The summed E-state index contributed by atoms with van der Waals surface area (Å²) in [5.41, 5.74) is 5.42. The lowest BCUT2D eigenvalue weighted by Gasteiger charge is -2.29. The summed E-state index contributed by atoms with van der Waals surface area (Å²) in [5, 5.41) is 0. The summed E-state index contributed by atoms with van der Waals surface area (Å²) in [6.07, 6.45) is 10.4. The molecular formula is C22H29NO2. The zero-order valence-electron chi connectivity index (χ0n) is 15.7. The van der Waals surface area contributed by atoms with Crippen LogP contribution in [0, 0.1) is 5.92 Å². The summed E-state index contributed by atoms with van der Waals surface area (Å²) < 4.78 is 0. The zero-order chi connectivity index (χ0) is 18.0. The topological polar surface area (TPSA) is 37.4 Å². The number of rotatable bonds is 7. The van der Waals surface area contributed by atoms with Gasteiger partial charge in [0, 0.05) is 12.2 Å². The molecule has 0 saturated carbocycles. The molecule has 2 aliphatic rings. The van der Waals surface area contributed by atoms with E-state index in [-0.39, 0.29) is 17.9 Å². The predicted octanol–water partition coefficient (Wildman–Crippen LogP) is 4.53. The molecule has 3 rings (SSSR count). The van der Waals surface area contributed by atoms with Gasteiger partial charge in [0.05, 0.1) is 6.04 Å². The Labute approximate surface area is 151 Å². The van der Waals surface area contributed by atoms with Gasteiger partial charge in [0.25, 0.3) is 11.8 Å². The van der Waals surface area contributed by atoms with Gasteiger partial charge in [-0.15, -0.1) is 0 Å². The van der Waals surface area contributed by atoms with Crippen molar-refractivity contribution in [1.82, 2.24) is 4.90 Å². The number of amides is 2. The molecule has 3 nitrogen and oxygen atoms in total. The van der Waals surface area contributed by atoms with E-state index in [9.17, 15) is 9.59 Å². The van der Waals surface area contributed by atoms with E-state index in [1.54, 1.807) is 0 Å². The number of fused-ring (bicyclic) bond motifs is 1. The van der Waals surface area contributed by atoms with Gasteiger partial charge in [-0.2, -0.15) is 0 Å². The first-order valence-electron chi connectivity index (χ1n) is 9.80. The number of benzene rings is 1. The minimum absolute atomic E-state index is 0.0868. The highest BCUT2D eigenvalue weighted by Gasteiger charge is 2.42. The SMILES string of the molecule is CCCc1cc2c(cc1CCC)[C@@H](N1C(=O)C=CC1=O)[C@@H](CCC)C2. The second-order valence-corrected chi connectivity index (χ2v) is 7.40. The fourth-order valence-corrected chi connectivity index (χ4v) is 4.53. The number of nitrogens with zero attached hydrogens (tertiary/aromatic N) is 1. The average molecular weight is 339 g/mol. The van der Waals surface area contributed by atoms with E-state index >= 15 is 0 Å². The zero-order valence-corrected chi connectivity index (χ0v) is 15.7. The second kappa shape index (κ2) is 7.55.